The molecule has 0 saturated heterocycles. The van der Waals surface area contributed by atoms with Crippen LogP contribution in [0.4, 0.5) is 0 Å². The Morgan fingerprint density at radius 3 is 2.91 bits per heavy atom. The molecule has 0 aliphatic rings. The summed E-state index contributed by atoms with van der Waals surface area (Å²) in [5, 5.41) is 4.38. The van der Waals surface area contributed by atoms with Gasteiger partial charge in [-0.2, -0.15) is 4.98 Å². The first-order valence-electron chi connectivity index (χ1n) is 6.62. The molecule has 0 aliphatic heterocycles. The van der Waals surface area contributed by atoms with Gasteiger partial charge < -0.3 is 8.94 Å². The number of fused-ring (bicyclic) bond motifs is 1. The SMILES string of the molecule is O=c1c2ccccc2ncn1Cc1nc(-c2ccco2)no1. The van der Waals surface area contributed by atoms with Crippen molar-refractivity contribution in [1.82, 2.24) is 19.7 Å². The first kappa shape index (κ1) is 12.5. The number of aromatic nitrogens is 4. The summed E-state index contributed by atoms with van der Waals surface area (Å²) < 4.78 is 11.8. The minimum absolute atomic E-state index is 0.150. The van der Waals surface area contributed by atoms with Crippen LogP contribution < -0.4 is 5.56 Å². The van der Waals surface area contributed by atoms with E-state index in [2.05, 4.69) is 15.1 Å². The molecule has 0 N–H and O–H groups in total. The van der Waals surface area contributed by atoms with Crippen LogP contribution in [0.1, 0.15) is 5.89 Å². The number of nitrogens with zero attached hydrogens (tertiary/aromatic N) is 4. The van der Waals surface area contributed by atoms with Crippen LogP contribution in [0.3, 0.4) is 0 Å². The topological polar surface area (TPSA) is 87.0 Å². The molecule has 22 heavy (non-hydrogen) atoms. The van der Waals surface area contributed by atoms with Crippen LogP contribution in [0.2, 0.25) is 0 Å². The second-order valence-electron chi connectivity index (χ2n) is 4.68. The fourth-order valence-corrected chi connectivity index (χ4v) is 2.19. The van der Waals surface area contributed by atoms with Gasteiger partial charge in [-0.15, -0.1) is 0 Å². The highest BCUT2D eigenvalue weighted by atomic mass is 16.5. The third kappa shape index (κ3) is 2.08. The highest BCUT2D eigenvalue weighted by Gasteiger charge is 2.12. The largest absolute Gasteiger partial charge is 0.461 e. The van der Waals surface area contributed by atoms with Crippen molar-refractivity contribution in [2.24, 2.45) is 0 Å². The van der Waals surface area contributed by atoms with Crippen LogP contribution in [-0.4, -0.2) is 19.7 Å². The number of para-hydroxylation sites is 1. The van der Waals surface area contributed by atoms with E-state index in [0.717, 1.165) is 0 Å². The first-order valence-corrected chi connectivity index (χ1v) is 6.62. The second-order valence-corrected chi connectivity index (χ2v) is 4.68. The molecule has 4 aromatic rings. The van der Waals surface area contributed by atoms with E-state index >= 15 is 0 Å². The molecule has 4 rings (SSSR count). The Morgan fingerprint density at radius 1 is 1.14 bits per heavy atom. The molecule has 0 amide bonds. The van der Waals surface area contributed by atoms with Crippen molar-refractivity contribution in [1.29, 1.82) is 0 Å². The van der Waals surface area contributed by atoms with E-state index in [1.807, 2.05) is 6.07 Å². The molecule has 1 aromatic carbocycles. The van der Waals surface area contributed by atoms with Crippen molar-refractivity contribution in [3.8, 4) is 11.6 Å². The van der Waals surface area contributed by atoms with Gasteiger partial charge in [0.1, 0.15) is 6.54 Å². The molecule has 0 radical (unpaired) electrons. The normalized spacial score (nSPS) is 11.1. The van der Waals surface area contributed by atoms with Crippen LogP contribution in [0.25, 0.3) is 22.5 Å². The summed E-state index contributed by atoms with van der Waals surface area (Å²) in [7, 11) is 0. The lowest BCUT2D eigenvalue weighted by atomic mass is 10.2. The molecule has 3 aromatic heterocycles. The monoisotopic (exact) mass is 294 g/mol. The number of hydrogen-bond donors (Lipinski definition) is 0. The molecular formula is C15H10N4O3. The molecular weight excluding hydrogens is 284 g/mol. The minimum atomic E-state index is -0.150. The summed E-state index contributed by atoms with van der Waals surface area (Å²) in [5.74, 6) is 1.17. The van der Waals surface area contributed by atoms with E-state index in [4.69, 9.17) is 8.94 Å². The Kier molecular flexibility index (Phi) is 2.82. The smallest absolute Gasteiger partial charge is 0.261 e. The maximum absolute atomic E-state index is 12.4. The summed E-state index contributed by atoms with van der Waals surface area (Å²) in [6, 6.07) is 10.7. The van der Waals surface area contributed by atoms with Crippen molar-refractivity contribution in [3.63, 3.8) is 0 Å². The summed E-state index contributed by atoms with van der Waals surface area (Å²) in [5.41, 5.74) is 0.508. The van der Waals surface area contributed by atoms with E-state index in [0.29, 0.717) is 28.4 Å². The van der Waals surface area contributed by atoms with Gasteiger partial charge in [-0.25, -0.2) is 4.98 Å². The van der Waals surface area contributed by atoms with Crippen LogP contribution >= 0.6 is 0 Å². The van der Waals surface area contributed by atoms with Crippen LogP contribution in [0, 0.1) is 0 Å². The zero-order valence-electron chi connectivity index (χ0n) is 11.3. The lowest BCUT2D eigenvalue weighted by Crippen LogP contribution is -2.21. The van der Waals surface area contributed by atoms with Gasteiger partial charge in [-0.3, -0.25) is 9.36 Å². The lowest BCUT2D eigenvalue weighted by Gasteiger charge is -2.02. The summed E-state index contributed by atoms with van der Waals surface area (Å²) in [6.07, 6.45) is 3.00. The first-order chi connectivity index (χ1) is 10.8. The van der Waals surface area contributed by atoms with Gasteiger partial charge in [-0.1, -0.05) is 17.3 Å². The van der Waals surface area contributed by atoms with Gasteiger partial charge in [-0.05, 0) is 24.3 Å². The maximum Gasteiger partial charge on any atom is 0.261 e. The molecule has 0 aliphatic carbocycles. The van der Waals surface area contributed by atoms with Gasteiger partial charge >= 0.3 is 0 Å². The summed E-state index contributed by atoms with van der Waals surface area (Å²) in [6.45, 7) is 0.157. The number of hydrogen-bond acceptors (Lipinski definition) is 6. The Hall–Kier alpha value is -3.22. The zero-order chi connectivity index (χ0) is 14.9. The number of furan rings is 1. The van der Waals surface area contributed by atoms with Crippen molar-refractivity contribution >= 4 is 10.9 Å². The van der Waals surface area contributed by atoms with Crippen molar-refractivity contribution in [2.75, 3.05) is 0 Å². The van der Waals surface area contributed by atoms with E-state index in [-0.39, 0.29) is 12.1 Å². The fourth-order valence-electron chi connectivity index (χ4n) is 2.19. The summed E-state index contributed by atoms with van der Waals surface area (Å²) in [4.78, 5) is 20.8. The van der Waals surface area contributed by atoms with E-state index in [1.54, 1.807) is 30.3 Å². The van der Waals surface area contributed by atoms with E-state index < -0.39 is 0 Å². The van der Waals surface area contributed by atoms with Crippen LogP contribution in [-0.2, 0) is 6.54 Å². The molecule has 0 saturated carbocycles. The quantitative estimate of drug-likeness (QED) is 0.575. The molecule has 7 nitrogen and oxygen atoms in total. The molecule has 0 atom stereocenters. The van der Waals surface area contributed by atoms with Gasteiger partial charge in [0.15, 0.2) is 5.76 Å². The Morgan fingerprint density at radius 2 is 2.05 bits per heavy atom. The summed E-state index contributed by atoms with van der Waals surface area (Å²) >= 11 is 0. The van der Waals surface area contributed by atoms with Gasteiger partial charge in [0, 0.05) is 0 Å². The lowest BCUT2D eigenvalue weighted by molar-refractivity contribution is 0.368. The second kappa shape index (κ2) is 4.96. The van der Waals surface area contributed by atoms with E-state index in [9.17, 15) is 4.79 Å². The predicted molar refractivity (Wildman–Crippen MR) is 77.1 cm³/mol. The molecule has 0 spiro atoms. The molecule has 7 heteroatoms. The molecule has 3 heterocycles. The standard InChI is InChI=1S/C15H10N4O3/c20-15-10-4-1-2-5-11(10)16-9-19(15)8-13-17-14(18-22-13)12-6-3-7-21-12/h1-7,9H,8H2. The third-order valence-electron chi connectivity index (χ3n) is 3.25. The highest BCUT2D eigenvalue weighted by molar-refractivity contribution is 5.76. The molecule has 108 valence electrons. The van der Waals surface area contributed by atoms with Crippen molar-refractivity contribution in [2.45, 2.75) is 6.54 Å². The van der Waals surface area contributed by atoms with Crippen LogP contribution in [0.5, 0.6) is 0 Å². The Balaban J connectivity index is 1.69. The molecule has 0 fully saturated rings. The molecule has 0 unspecified atom stereocenters. The fraction of sp³-hybridized carbons (Fsp3) is 0.0667. The minimum Gasteiger partial charge on any atom is -0.461 e. The van der Waals surface area contributed by atoms with E-state index in [1.165, 1.54) is 17.2 Å². The maximum atomic E-state index is 12.4. The number of rotatable bonds is 3. The van der Waals surface area contributed by atoms with Gasteiger partial charge in [0.25, 0.3) is 5.56 Å². The average molecular weight is 294 g/mol. The Bertz CT molecular complexity index is 985. The van der Waals surface area contributed by atoms with Gasteiger partial charge in [0.2, 0.25) is 11.7 Å². The third-order valence-corrected chi connectivity index (χ3v) is 3.25. The molecule has 0 bridgehead atoms. The zero-order valence-corrected chi connectivity index (χ0v) is 11.3. The number of benzene rings is 1. The average Bonchev–Trinajstić information content (AvgIpc) is 3.21. The predicted octanol–water partition coefficient (Wildman–Crippen LogP) is 2.09. The van der Waals surface area contributed by atoms with Crippen LogP contribution in [0.15, 0.2) is 62.7 Å². The van der Waals surface area contributed by atoms with Crippen molar-refractivity contribution < 1.29 is 8.94 Å². The van der Waals surface area contributed by atoms with Gasteiger partial charge in [0.05, 0.1) is 23.5 Å². The highest BCUT2D eigenvalue weighted by Crippen LogP contribution is 2.16. The Labute approximate surface area is 123 Å². The van der Waals surface area contributed by atoms with Crippen molar-refractivity contribution in [3.05, 3.63) is 65.2 Å².